The van der Waals surface area contributed by atoms with Crippen LogP contribution in [0.25, 0.3) is 0 Å². The van der Waals surface area contributed by atoms with Gasteiger partial charge in [0, 0.05) is 36.6 Å². The van der Waals surface area contributed by atoms with Gasteiger partial charge in [-0.1, -0.05) is 34.7 Å². The maximum atomic E-state index is 10.1. The van der Waals surface area contributed by atoms with Crippen LogP contribution in [-0.2, 0) is 12.0 Å². The lowest BCUT2D eigenvalue weighted by Crippen LogP contribution is -2.43. The normalized spacial score (nSPS) is 29.4. The van der Waals surface area contributed by atoms with Crippen LogP contribution in [0.4, 0.5) is 0 Å². The number of rotatable bonds is 3. The van der Waals surface area contributed by atoms with Gasteiger partial charge in [-0.25, -0.2) is 0 Å². The average Bonchev–Trinajstić information content (AvgIpc) is 2.82. The van der Waals surface area contributed by atoms with Gasteiger partial charge in [0.15, 0.2) is 11.5 Å². The molecule has 1 spiro atoms. The van der Waals surface area contributed by atoms with Gasteiger partial charge >= 0.3 is 0 Å². The summed E-state index contributed by atoms with van der Waals surface area (Å²) in [5.41, 5.74) is 2.16. The average molecular weight is 407 g/mol. The second-order valence-corrected chi connectivity index (χ2v) is 7.77. The van der Waals surface area contributed by atoms with Crippen LogP contribution in [0.2, 0.25) is 0 Å². The Morgan fingerprint density at radius 2 is 2.36 bits per heavy atom. The van der Waals surface area contributed by atoms with E-state index in [9.17, 15) is 5.11 Å². The second-order valence-electron chi connectivity index (χ2n) is 6.92. The summed E-state index contributed by atoms with van der Waals surface area (Å²) >= 11 is 3.74. The first kappa shape index (κ1) is 16.8. The van der Waals surface area contributed by atoms with Crippen LogP contribution < -0.4 is 14.8 Å². The minimum Gasteiger partial charge on any atom is -0.493 e. The second kappa shape index (κ2) is 5.95. The number of hydrogen-bond donors (Lipinski definition) is 2. The molecule has 2 unspecified atom stereocenters. The molecular weight excluding hydrogens is 384 g/mol. The Morgan fingerprint density at radius 1 is 1.56 bits per heavy atom. The van der Waals surface area contributed by atoms with Crippen molar-refractivity contribution < 1.29 is 14.6 Å². The molecular formula is C19H23BrN2O3. The molecule has 5 nitrogen and oxygen atoms in total. The van der Waals surface area contributed by atoms with E-state index in [1.807, 2.05) is 19.2 Å². The van der Waals surface area contributed by atoms with Gasteiger partial charge in [-0.15, -0.1) is 0 Å². The summed E-state index contributed by atoms with van der Waals surface area (Å²) in [7, 11) is 3.56. The fourth-order valence-electron chi connectivity index (χ4n) is 4.35. The highest BCUT2D eigenvalue weighted by molar-refractivity contribution is 9.10. The number of aliphatic hydroxyl groups is 1. The van der Waals surface area contributed by atoms with E-state index in [1.54, 1.807) is 7.11 Å². The van der Waals surface area contributed by atoms with Crippen molar-refractivity contribution in [2.24, 2.45) is 0 Å². The quantitative estimate of drug-likeness (QED) is 0.755. The number of aliphatic hydroxyl groups excluding tert-OH is 1. The molecule has 6 heteroatoms. The molecule has 25 heavy (non-hydrogen) atoms. The summed E-state index contributed by atoms with van der Waals surface area (Å²) < 4.78 is 12.9. The number of halogens is 1. The van der Waals surface area contributed by atoms with E-state index in [2.05, 4.69) is 38.8 Å². The summed E-state index contributed by atoms with van der Waals surface area (Å²) in [6.45, 7) is 5.75. The summed E-state index contributed by atoms with van der Waals surface area (Å²) in [6.07, 6.45) is 5.02. The molecule has 2 heterocycles. The van der Waals surface area contributed by atoms with Gasteiger partial charge in [-0.3, -0.25) is 0 Å². The van der Waals surface area contributed by atoms with Gasteiger partial charge in [0.05, 0.1) is 24.4 Å². The van der Waals surface area contributed by atoms with Crippen LogP contribution in [0.1, 0.15) is 24.0 Å². The van der Waals surface area contributed by atoms with Crippen molar-refractivity contribution in [2.45, 2.75) is 37.0 Å². The molecule has 3 atom stereocenters. The number of hydrogen-bond acceptors (Lipinski definition) is 5. The minimum absolute atomic E-state index is 0.0766. The van der Waals surface area contributed by atoms with E-state index >= 15 is 0 Å². The monoisotopic (exact) mass is 406 g/mol. The van der Waals surface area contributed by atoms with Gasteiger partial charge in [0.1, 0.15) is 6.10 Å². The first-order valence-corrected chi connectivity index (χ1v) is 9.35. The Morgan fingerprint density at radius 3 is 3.08 bits per heavy atom. The Kier molecular flexibility index (Phi) is 4.00. The maximum absolute atomic E-state index is 10.1. The molecule has 1 aliphatic carbocycles. The smallest absolute Gasteiger partial charge is 0.166 e. The third-order valence-electron chi connectivity index (χ3n) is 5.70. The van der Waals surface area contributed by atoms with Gasteiger partial charge in [-0.2, -0.15) is 0 Å². The van der Waals surface area contributed by atoms with E-state index in [0.717, 1.165) is 41.3 Å². The lowest BCUT2D eigenvalue weighted by Gasteiger charge is -2.36. The molecule has 2 aliphatic heterocycles. The van der Waals surface area contributed by atoms with Crippen molar-refractivity contribution in [3.8, 4) is 11.5 Å². The Labute approximate surface area is 156 Å². The van der Waals surface area contributed by atoms with Crippen LogP contribution in [0.15, 0.2) is 35.1 Å². The molecule has 0 bridgehead atoms. The summed E-state index contributed by atoms with van der Waals surface area (Å²) in [5.74, 6) is 2.47. The van der Waals surface area contributed by atoms with E-state index in [1.165, 1.54) is 11.1 Å². The fraction of sp³-hybridized carbons (Fsp3) is 0.474. The standard InChI is InChI=1S/C19H23BrN2O3/c1-11(21-2)22-7-6-19-5-4-12(23)8-16(19)25-18-15(24-3)9-14(20)13(10-22)17(18)19/h4-5,9,12,16,21,23H,1,6-8,10H2,2-3H3/t12-,16?,19?/m0/s1. The molecule has 2 N–H and O–H groups in total. The molecule has 134 valence electrons. The van der Waals surface area contributed by atoms with Crippen molar-refractivity contribution in [2.75, 3.05) is 20.7 Å². The number of benzene rings is 1. The lowest BCUT2D eigenvalue weighted by atomic mass is 9.69. The van der Waals surface area contributed by atoms with E-state index < -0.39 is 6.10 Å². The molecule has 3 aliphatic rings. The van der Waals surface area contributed by atoms with Crippen molar-refractivity contribution in [3.63, 3.8) is 0 Å². The predicted octanol–water partition coefficient (Wildman–Crippen LogP) is 2.67. The highest BCUT2D eigenvalue weighted by atomic mass is 79.9. The SMILES string of the molecule is C=C(NC)N1CCC23C=C[C@H](O)CC2Oc2c(OC)cc(Br)c(c23)C1. The molecule has 0 amide bonds. The minimum atomic E-state index is -0.463. The molecule has 4 rings (SSSR count). The number of nitrogens with one attached hydrogen (secondary N) is 1. The fourth-order valence-corrected chi connectivity index (χ4v) is 4.88. The zero-order valence-electron chi connectivity index (χ0n) is 14.5. The first-order valence-electron chi connectivity index (χ1n) is 8.55. The number of methoxy groups -OCH3 is 1. The van der Waals surface area contributed by atoms with E-state index in [-0.39, 0.29) is 11.5 Å². The van der Waals surface area contributed by atoms with Gasteiger partial charge in [0.25, 0.3) is 0 Å². The van der Waals surface area contributed by atoms with Crippen molar-refractivity contribution in [3.05, 3.63) is 46.2 Å². The zero-order chi connectivity index (χ0) is 17.8. The molecule has 0 saturated heterocycles. The van der Waals surface area contributed by atoms with Gasteiger partial charge < -0.3 is 24.8 Å². The third kappa shape index (κ3) is 2.38. The van der Waals surface area contributed by atoms with Crippen LogP contribution in [-0.4, -0.2) is 42.9 Å². The molecule has 0 saturated carbocycles. The summed E-state index contributed by atoms with van der Waals surface area (Å²) in [6, 6.07) is 1.98. The van der Waals surface area contributed by atoms with Gasteiger partial charge in [-0.05, 0) is 18.1 Å². The van der Waals surface area contributed by atoms with Crippen LogP contribution in [0, 0.1) is 0 Å². The van der Waals surface area contributed by atoms with Crippen LogP contribution in [0.3, 0.4) is 0 Å². The molecule has 0 aromatic heterocycles. The molecule has 1 aromatic carbocycles. The molecule has 0 fully saturated rings. The Bertz CT molecular complexity index is 764. The highest BCUT2D eigenvalue weighted by Gasteiger charge is 2.53. The maximum Gasteiger partial charge on any atom is 0.166 e. The Hall–Kier alpha value is -1.66. The topological polar surface area (TPSA) is 54.0 Å². The van der Waals surface area contributed by atoms with E-state index in [4.69, 9.17) is 9.47 Å². The van der Waals surface area contributed by atoms with Crippen LogP contribution in [0.5, 0.6) is 11.5 Å². The third-order valence-corrected chi connectivity index (χ3v) is 6.41. The number of nitrogens with zero attached hydrogens (tertiary/aromatic N) is 1. The Balaban J connectivity index is 1.93. The zero-order valence-corrected chi connectivity index (χ0v) is 16.1. The van der Waals surface area contributed by atoms with Crippen molar-refractivity contribution in [1.29, 1.82) is 0 Å². The lowest BCUT2D eigenvalue weighted by molar-refractivity contribution is 0.0822. The van der Waals surface area contributed by atoms with Crippen molar-refractivity contribution in [1.82, 2.24) is 10.2 Å². The van der Waals surface area contributed by atoms with Gasteiger partial charge in [0.2, 0.25) is 0 Å². The van der Waals surface area contributed by atoms with E-state index in [0.29, 0.717) is 6.42 Å². The van der Waals surface area contributed by atoms with Crippen LogP contribution >= 0.6 is 15.9 Å². The first-order chi connectivity index (χ1) is 12.0. The molecule has 1 aromatic rings. The summed E-state index contributed by atoms with van der Waals surface area (Å²) in [5, 5.41) is 13.3. The predicted molar refractivity (Wildman–Crippen MR) is 99.8 cm³/mol. The van der Waals surface area contributed by atoms with Crippen molar-refractivity contribution >= 4 is 15.9 Å². The largest absolute Gasteiger partial charge is 0.493 e. The summed E-state index contributed by atoms with van der Waals surface area (Å²) in [4.78, 5) is 2.26. The molecule has 0 radical (unpaired) electrons. The highest BCUT2D eigenvalue weighted by Crippen LogP contribution is 2.57. The number of ether oxygens (including phenoxy) is 2.